The van der Waals surface area contributed by atoms with E-state index < -0.39 is 6.09 Å². The Morgan fingerprint density at radius 1 is 1.43 bits per heavy atom. The van der Waals surface area contributed by atoms with E-state index in [9.17, 15) is 4.79 Å². The van der Waals surface area contributed by atoms with Crippen molar-refractivity contribution in [2.45, 2.75) is 26.2 Å². The zero-order valence-electron chi connectivity index (χ0n) is 14.0. The second-order valence-corrected chi connectivity index (χ2v) is 7.41. The van der Waals surface area contributed by atoms with E-state index in [-0.39, 0.29) is 5.41 Å². The van der Waals surface area contributed by atoms with Crippen molar-refractivity contribution in [3.8, 4) is 10.4 Å². The van der Waals surface area contributed by atoms with Gasteiger partial charge in [0.05, 0.1) is 10.6 Å². The third-order valence-electron chi connectivity index (χ3n) is 3.44. The quantitative estimate of drug-likeness (QED) is 0.875. The molecule has 0 aliphatic carbocycles. The fraction of sp³-hybridized carbons (Fsp3) is 0.438. The van der Waals surface area contributed by atoms with E-state index >= 15 is 0 Å². The summed E-state index contributed by atoms with van der Waals surface area (Å²) in [6.07, 6.45) is 0.693. The molecule has 2 rings (SSSR count). The second kappa shape index (κ2) is 6.64. The van der Waals surface area contributed by atoms with Gasteiger partial charge in [-0.2, -0.15) is 0 Å². The molecular formula is C16H22N4O2S. The Balaban J connectivity index is 2.37. The number of hydrogen-bond acceptors (Lipinski definition) is 5. The van der Waals surface area contributed by atoms with Crippen molar-refractivity contribution in [2.24, 2.45) is 0 Å². The number of likely N-dealkylation sites (N-methyl/N-ethyl adjacent to an activating group) is 1. The lowest BCUT2D eigenvalue weighted by atomic mass is 9.87. The number of rotatable bonds is 5. The lowest BCUT2D eigenvalue weighted by Crippen LogP contribution is -2.32. The van der Waals surface area contributed by atoms with Crippen molar-refractivity contribution in [3.63, 3.8) is 0 Å². The maximum Gasteiger partial charge on any atom is 0.410 e. The maximum absolute atomic E-state index is 10.8. The smallest absolute Gasteiger partial charge is 0.410 e. The van der Waals surface area contributed by atoms with Crippen LogP contribution in [0.25, 0.3) is 10.4 Å². The number of nitrogens with zero attached hydrogens (tertiary/aromatic N) is 3. The molecule has 0 unspecified atom stereocenters. The number of nitrogens with one attached hydrogen (secondary N) is 1. The highest BCUT2D eigenvalue weighted by Gasteiger charge is 2.24. The molecule has 0 spiro atoms. The van der Waals surface area contributed by atoms with E-state index in [2.05, 4.69) is 40.1 Å². The number of hydrogen-bond donors (Lipinski definition) is 2. The van der Waals surface area contributed by atoms with Crippen LogP contribution in [0.5, 0.6) is 0 Å². The van der Waals surface area contributed by atoms with Crippen LogP contribution in [-0.4, -0.2) is 46.7 Å². The molecule has 6 nitrogen and oxygen atoms in total. The summed E-state index contributed by atoms with van der Waals surface area (Å²) in [7, 11) is 4.09. The number of pyridine rings is 1. The molecule has 2 N–H and O–H groups in total. The van der Waals surface area contributed by atoms with Gasteiger partial charge in [-0.15, -0.1) is 0 Å². The standard InChI is InChI=1S/C16H22N4O2S/c1-10-13(23-14(18-10)19-15(21)22)11-6-7-17-12(8-11)16(2,3)9-20(4)5/h6-8H,9H2,1-5H3,(H,18,19)(H,21,22). The van der Waals surface area contributed by atoms with Crippen molar-refractivity contribution in [3.05, 3.63) is 29.7 Å². The highest BCUT2D eigenvalue weighted by atomic mass is 32.1. The third-order valence-corrected chi connectivity index (χ3v) is 4.56. The van der Waals surface area contributed by atoms with Crippen molar-refractivity contribution >= 4 is 22.6 Å². The second-order valence-electron chi connectivity index (χ2n) is 6.42. The van der Waals surface area contributed by atoms with Gasteiger partial charge >= 0.3 is 6.09 Å². The first-order valence-electron chi connectivity index (χ1n) is 7.28. The molecule has 7 heteroatoms. The summed E-state index contributed by atoms with van der Waals surface area (Å²) in [6, 6.07) is 3.99. The summed E-state index contributed by atoms with van der Waals surface area (Å²) in [5.74, 6) is 0. The zero-order valence-corrected chi connectivity index (χ0v) is 14.9. The van der Waals surface area contributed by atoms with Crippen molar-refractivity contribution in [2.75, 3.05) is 26.0 Å². The Bertz CT molecular complexity index is 710. The average Bonchev–Trinajstić information content (AvgIpc) is 2.77. The van der Waals surface area contributed by atoms with Crippen LogP contribution in [0.1, 0.15) is 25.2 Å². The molecule has 0 saturated carbocycles. The highest BCUT2D eigenvalue weighted by molar-refractivity contribution is 7.19. The fourth-order valence-corrected chi connectivity index (χ4v) is 3.58. The molecule has 0 fully saturated rings. The molecule has 2 heterocycles. The molecule has 23 heavy (non-hydrogen) atoms. The molecule has 0 atom stereocenters. The third kappa shape index (κ3) is 4.27. The SMILES string of the molecule is Cc1nc(NC(=O)O)sc1-c1ccnc(C(C)(C)CN(C)C)c1. The Kier molecular flexibility index (Phi) is 5.01. The van der Waals surface area contributed by atoms with Gasteiger partial charge < -0.3 is 10.0 Å². The number of carboxylic acid groups (broad SMARTS) is 1. The Hall–Kier alpha value is -1.99. The zero-order chi connectivity index (χ0) is 17.2. The first-order valence-corrected chi connectivity index (χ1v) is 8.10. The largest absolute Gasteiger partial charge is 0.465 e. The number of anilines is 1. The van der Waals surface area contributed by atoms with E-state index in [1.807, 2.05) is 27.1 Å². The van der Waals surface area contributed by atoms with E-state index in [1.165, 1.54) is 11.3 Å². The molecule has 0 aliphatic heterocycles. The number of carbonyl (C=O) groups is 1. The van der Waals surface area contributed by atoms with Crippen LogP contribution in [0, 0.1) is 6.92 Å². The monoisotopic (exact) mass is 334 g/mol. The van der Waals surface area contributed by atoms with Gasteiger partial charge in [0.1, 0.15) is 0 Å². The van der Waals surface area contributed by atoms with Gasteiger partial charge in [0.2, 0.25) is 0 Å². The minimum Gasteiger partial charge on any atom is -0.465 e. The van der Waals surface area contributed by atoms with Crippen LogP contribution in [0.2, 0.25) is 0 Å². The van der Waals surface area contributed by atoms with Crippen LogP contribution in [0.15, 0.2) is 18.3 Å². The molecule has 1 amide bonds. The molecule has 0 aromatic carbocycles. The summed E-state index contributed by atoms with van der Waals surface area (Å²) in [5.41, 5.74) is 2.74. The predicted octanol–water partition coefficient (Wildman–Crippen LogP) is 3.44. The Morgan fingerprint density at radius 3 is 2.74 bits per heavy atom. The predicted molar refractivity (Wildman–Crippen MR) is 93.3 cm³/mol. The van der Waals surface area contributed by atoms with Gasteiger partial charge in [-0.3, -0.25) is 10.3 Å². The van der Waals surface area contributed by atoms with Gasteiger partial charge in [-0.25, -0.2) is 9.78 Å². The van der Waals surface area contributed by atoms with Gasteiger partial charge in [0.25, 0.3) is 0 Å². The van der Waals surface area contributed by atoms with Gasteiger partial charge in [0.15, 0.2) is 5.13 Å². The average molecular weight is 334 g/mol. The normalized spacial score (nSPS) is 11.7. The lowest BCUT2D eigenvalue weighted by Gasteiger charge is -2.28. The summed E-state index contributed by atoms with van der Waals surface area (Å²) in [5, 5.41) is 11.5. The molecular weight excluding hydrogens is 312 g/mol. The van der Waals surface area contributed by atoms with Gasteiger partial charge in [0, 0.05) is 23.9 Å². The maximum atomic E-state index is 10.8. The first kappa shape index (κ1) is 17.4. The fourth-order valence-electron chi connectivity index (χ4n) is 2.62. The van der Waals surface area contributed by atoms with Crippen LogP contribution >= 0.6 is 11.3 Å². The van der Waals surface area contributed by atoms with Gasteiger partial charge in [-0.1, -0.05) is 25.2 Å². The Labute approximate surface area is 140 Å². The highest BCUT2D eigenvalue weighted by Crippen LogP contribution is 2.34. The molecule has 2 aromatic heterocycles. The van der Waals surface area contributed by atoms with Crippen LogP contribution in [-0.2, 0) is 5.41 Å². The minimum absolute atomic E-state index is 0.0831. The summed E-state index contributed by atoms with van der Waals surface area (Å²) < 4.78 is 0. The Morgan fingerprint density at radius 2 is 2.13 bits per heavy atom. The van der Waals surface area contributed by atoms with E-state index in [4.69, 9.17) is 5.11 Å². The molecule has 0 bridgehead atoms. The van der Waals surface area contributed by atoms with E-state index in [1.54, 1.807) is 6.20 Å². The number of aromatic nitrogens is 2. The van der Waals surface area contributed by atoms with Gasteiger partial charge in [-0.05, 0) is 38.7 Å². The van der Waals surface area contributed by atoms with Crippen molar-refractivity contribution in [1.29, 1.82) is 0 Å². The summed E-state index contributed by atoms with van der Waals surface area (Å²) >= 11 is 1.33. The molecule has 0 radical (unpaired) electrons. The number of amides is 1. The van der Waals surface area contributed by atoms with Crippen molar-refractivity contribution < 1.29 is 9.90 Å². The molecule has 2 aromatic rings. The van der Waals surface area contributed by atoms with Crippen LogP contribution in [0.3, 0.4) is 0 Å². The minimum atomic E-state index is -1.10. The number of thiazole rings is 1. The lowest BCUT2D eigenvalue weighted by molar-refractivity contribution is 0.209. The molecule has 124 valence electrons. The molecule has 0 aliphatic rings. The summed E-state index contributed by atoms with van der Waals surface area (Å²) in [6.45, 7) is 7.09. The topological polar surface area (TPSA) is 78.3 Å². The summed E-state index contributed by atoms with van der Waals surface area (Å²) in [4.78, 5) is 22.6. The number of aryl methyl sites for hydroxylation is 1. The first-order chi connectivity index (χ1) is 10.7. The van der Waals surface area contributed by atoms with Crippen molar-refractivity contribution in [1.82, 2.24) is 14.9 Å². The van der Waals surface area contributed by atoms with Crippen LogP contribution < -0.4 is 5.32 Å². The van der Waals surface area contributed by atoms with E-state index in [0.29, 0.717) is 5.13 Å². The van der Waals surface area contributed by atoms with E-state index in [0.717, 1.165) is 28.4 Å². The molecule has 0 saturated heterocycles. The van der Waals surface area contributed by atoms with Crippen LogP contribution in [0.4, 0.5) is 9.93 Å².